The minimum absolute atomic E-state index is 0.0863. The van der Waals surface area contributed by atoms with Crippen LogP contribution >= 0.6 is 0 Å². The second kappa shape index (κ2) is 3.48. The molecule has 0 aliphatic heterocycles. The van der Waals surface area contributed by atoms with Crippen molar-refractivity contribution in [2.24, 2.45) is 0 Å². The molecule has 2 heteroatoms. The minimum Gasteiger partial charge on any atom is -0.303 e. The molecule has 0 aliphatic carbocycles. The molecule has 0 fully saturated rings. The first kappa shape index (κ1) is 8.91. The highest BCUT2D eigenvalue weighted by Gasteiger charge is 2.24. The van der Waals surface area contributed by atoms with E-state index in [9.17, 15) is 9.18 Å². The average Bonchev–Trinajstić information content (AvgIpc) is 2.06. The van der Waals surface area contributed by atoms with Crippen LogP contribution in [0, 0.1) is 0 Å². The van der Waals surface area contributed by atoms with Crippen LogP contribution in [0.25, 0.3) is 0 Å². The molecule has 0 spiro atoms. The molecule has 1 nitrogen and oxygen atoms in total. The molecule has 0 unspecified atom stereocenters. The number of benzene rings is 1. The third kappa shape index (κ3) is 1.91. The van der Waals surface area contributed by atoms with Crippen LogP contribution in [0.3, 0.4) is 0 Å². The molecule has 1 atom stereocenters. The third-order valence-electron chi connectivity index (χ3n) is 1.84. The summed E-state index contributed by atoms with van der Waals surface area (Å²) in [6, 6.07) is 8.71. The summed E-state index contributed by atoms with van der Waals surface area (Å²) in [5, 5.41) is 0. The third-order valence-corrected chi connectivity index (χ3v) is 1.84. The van der Waals surface area contributed by atoms with E-state index < -0.39 is 5.67 Å². The number of aldehydes is 1. The predicted octanol–water partition coefficient (Wildman–Crippen LogP) is 2.46. The molecule has 1 aromatic rings. The summed E-state index contributed by atoms with van der Waals surface area (Å²) in [6.45, 7) is 1.41. The smallest absolute Gasteiger partial charge is 0.139 e. The van der Waals surface area contributed by atoms with Crippen LogP contribution in [0.15, 0.2) is 30.3 Å². The largest absolute Gasteiger partial charge is 0.303 e. The Bertz CT molecular complexity index is 254. The molecule has 12 heavy (non-hydrogen) atoms. The number of hydrogen-bond acceptors (Lipinski definition) is 1. The van der Waals surface area contributed by atoms with Crippen molar-refractivity contribution in [1.82, 2.24) is 0 Å². The van der Waals surface area contributed by atoms with Gasteiger partial charge in [-0.2, -0.15) is 0 Å². The Morgan fingerprint density at radius 1 is 1.42 bits per heavy atom. The Morgan fingerprint density at radius 2 is 2.00 bits per heavy atom. The maximum absolute atomic E-state index is 13.6. The normalized spacial score (nSPS) is 15.2. The number of halogens is 1. The second-order valence-electron chi connectivity index (χ2n) is 2.93. The Balaban J connectivity index is 2.89. The van der Waals surface area contributed by atoms with Crippen molar-refractivity contribution in [1.29, 1.82) is 0 Å². The van der Waals surface area contributed by atoms with E-state index in [0.29, 0.717) is 11.8 Å². The number of carbonyl (C=O) groups excluding carboxylic acids is 1. The van der Waals surface area contributed by atoms with E-state index in [1.54, 1.807) is 24.3 Å². The lowest BCUT2D eigenvalue weighted by Gasteiger charge is -2.17. The lowest BCUT2D eigenvalue weighted by molar-refractivity contribution is -0.110. The number of rotatable bonds is 3. The second-order valence-corrected chi connectivity index (χ2v) is 2.93. The summed E-state index contributed by atoms with van der Waals surface area (Å²) in [4.78, 5) is 10.2. The topological polar surface area (TPSA) is 17.1 Å². The molecule has 1 aromatic carbocycles. The van der Waals surface area contributed by atoms with Crippen molar-refractivity contribution in [3.63, 3.8) is 0 Å². The summed E-state index contributed by atoms with van der Waals surface area (Å²) in [5.41, 5.74) is -0.972. The highest BCUT2D eigenvalue weighted by Crippen LogP contribution is 2.27. The minimum atomic E-state index is -1.52. The Kier molecular flexibility index (Phi) is 2.58. The lowest BCUT2D eigenvalue weighted by atomic mass is 9.95. The van der Waals surface area contributed by atoms with Gasteiger partial charge in [-0.25, -0.2) is 4.39 Å². The van der Waals surface area contributed by atoms with Crippen LogP contribution in [0.2, 0.25) is 0 Å². The highest BCUT2D eigenvalue weighted by atomic mass is 19.1. The van der Waals surface area contributed by atoms with Gasteiger partial charge in [-0.15, -0.1) is 0 Å². The van der Waals surface area contributed by atoms with Crippen LogP contribution in [-0.2, 0) is 10.5 Å². The number of hydrogen-bond donors (Lipinski definition) is 0. The standard InChI is InChI=1S/C10H11FO/c1-10(11,7-8-12)9-5-3-2-4-6-9/h2-6,8H,7H2,1H3/t10-/m1/s1. The zero-order valence-electron chi connectivity index (χ0n) is 6.96. The first-order valence-corrected chi connectivity index (χ1v) is 3.85. The van der Waals surface area contributed by atoms with Crippen LogP contribution in [0.4, 0.5) is 4.39 Å². The van der Waals surface area contributed by atoms with Crippen molar-refractivity contribution < 1.29 is 9.18 Å². The SMILES string of the molecule is C[C@@](F)(CC=O)c1ccccc1. The van der Waals surface area contributed by atoms with Gasteiger partial charge in [-0.05, 0) is 12.5 Å². The quantitative estimate of drug-likeness (QED) is 0.630. The lowest BCUT2D eigenvalue weighted by Crippen LogP contribution is -2.15. The molecule has 0 saturated carbocycles. The molecule has 0 N–H and O–H groups in total. The summed E-state index contributed by atoms with van der Waals surface area (Å²) >= 11 is 0. The van der Waals surface area contributed by atoms with Gasteiger partial charge in [0.1, 0.15) is 12.0 Å². The van der Waals surface area contributed by atoms with Gasteiger partial charge in [-0.3, -0.25) is 0 Å². The van der Waals surface area contributed by atoms with E-state index in [0.717, 1.165) is 0 Å². The zero-order chi connectivity index (χ0) is 9.03. The van der Waals surface area contributed by atoms with Crippen molar-refractivity contribution in [2.75, 3.05) is 0 Å². The summed E-state index contributed by atoms with van der Waals surface area (Å²) in [5.74, 6) is 0. The highest BCUT2D eigenvalue weighted by molar-refractivity contribution is 5.52. The Labute approximate surface area is 71.2 Å². The molecular weight excluding hydrogens is 155 g/mol. The first-order valence-electron chi connectivity index (χ1n) is 3.85. The molecule has 0 radical (unpaired) electrons. The van der Waals surface area contributed by atoms with E-state index in [1.807, 2.05) is 6.07 Å². The predicted molar refractivity (Wildman–Crippen MR) is 45.6 cm³/mol. The van der Waals surface area contributed by atoms with Gasteiger partial charge < -0.3 is 4.79 Å². The van der Waals surface area contributed by atoms with Crippen molar-refractivity contribution >= 4 is 6.29 Å². The van der Waals surface area contributed by atoms with Gasteiger partial charge in [0, 0.05) is 6.42 Å². The number of alkyl halides is 1. The van der Waals surface area contributed by atoms with Crippen LogP contribution in [-0.4, -0.2) is 6.29 Å². The van der Waals surface area contributed by atoms with Gasteiger partial charge in [0.15, 0.2) is 0 Å². The first-order chi connectivity index (χ1) is 5.67. The molecular formula is C10H11FO. The number of carbonyl (C=O) groups is 1. The summed E-state index contributed by atoms with van der Waals surface area (Å²) in [6.07, 6.45) is 0.518. The zero-order valence-corrected chi connectivity index (χ0v) is 6.96. The fourth-order valence-electron chi connectivity index (χ4n) is 1.06. The maximum atomic E-state index is 13.6. The molecule has 0 amide bonds. The van der Waals surface area contributed by atoms with Crippen LogP contribution < -0.4 is 0 Å². The fourth-order valence-corrected chi connectivity index (χ4v) is 1.06. The van der Waals surface area contributed by atoms with Crippen LogP contribution in [0.5, 0.6) is 0 Å². The molecule has 0 aliphatic rings. The van der Waals surface area contributed by atoms with Gasteiger partial charge in [0.25, 0.3) is 0 Å². The van der Waals surface area contributed by atoms with Crippen molar-refractivity contribution in [3.8, 4) is 0 Å². The Hall–Kier alpha value is -1.18. The van der Waals surface area contributed by atoms with E-state index in [4.69, 9.17) is 0 Å². The molecule has 0 heterocycles. The maximum Gasteiger partial charge on any atom is 0.139 e. The van der Waals surface area contributed by atoms with Crippen molar-refractivity contribution in [2.45, 2.75) is 19.0 Å². The molecule has 0 aromatic heterocycles. The monoisotopic (exact) mass is 166 g/mol. The van der Waals surface area contributed by atoms with E-state index >= 15 is 0 Å². The summed E-state index contributed by atoms with van der Waals surface area (Å²) < 4.78 is 13.6. The molecule has 0 bridgehead atoms. The van der Waals surface area contributed by atoms with Gasteiger partial charge in [0.2, 0.25) is 0 Å². The van der Waals surface area contributed by atoms with E-state index in [1.165, 1.54) is 6.92 Å². The molecule has 0 saturated heterocycles. The molecule has 64 valence electrons. The van der Waals surface area contributed by atoms with E-state index in [-0.39, 0.29) is 6.42 Å². The van der Waals surface area contributed by atoms with Crippen molar-refractivity contribution in [3.05, 3.63) is 35.9 Å². The fraction of sp³-hybridized carbons (Fsp3) is 0.300. The van der Waals surface area contributed by atoms with Gasteiger partial charge in [-0.1, -0.05) is 30.3 Å². The van der Waals surface area contributed by atoms with Crippen LogP contribution in [0.1, 0.15) is 18.9 Å². The van der Waals surface area contributed by atoms with Gasteiger partial charge >= 0.3 is 0 Å². The average molecular weight is 166 g/mol. The van der Waals surface area contributed by atoms with E-state index in [2.05, 4.69) is 0 Å². The molecule has 1 rings (SSSR count). The summed E-state index contributed by atoms with van der Waals surface area (Å²) in [7, 11) is 0. The Morgan fingerprint density at radius 3 is 2.50 bits per heavy atom. The van der Waals surface area contributed by atoms with Gasteiger partial charge in [0.05, 0.1) is 0 Å².